The average Bonchev–Trinajstić information content (AvgIpc) is 3.22. The lowest BCUT2D eigenvalue weighted by atomic mass is 10.1. The Kier molecular flexibility index (Phi) is 5.90. The van der Waals surface area contributed by atoms with Gasteiger partial charge < -0.3 is 15.0 Å². The summed E-state index contributed by atoms with van der Waals surface area (Å²) in [5.41, 5.74) is 3.85. The highest BCUT2D eigenvalue weighted by Gasteiger charge is 2.18. The van der Waals surface area contributed by atoms with Gasteiger partial charge in [-0.2, -0.15) is 0 Å². The summed E-state index contributed by atoms with van der Waals surface area (Å²) in [6.45, 7) is 0. The van der Waals surface area contributed by atoms with Gasteiger partial charge in [0.05, 0.1) is 24.2 Å². The van der Waals surface area contributed by atoms with E-state index in [2.05, 4.69) is 10.3 Å². The predicted molar refractivity (Wildman–Crippen MR) is 119 cm³/mol. The van der Waals surface area contributed by atoms with Crippen molar-refractivity contribution >= 4 is 23.0 Å². The van der Waals surface area contributed by atoms with Crippen LogP contribution in [0.2, 0.25) is 0 Å². The molecule has 5 nitrogen and oxygen atoms in total. The molecule has 1 amide bonds. The topological polar surface area (TPSA) is 67.0 Å². The van der Waals surface area contributed by atoms with E-state index in [4.69, 9.17) is 9.72 Å². The average molecular weight is 397 g/mol. The highest BCUT2D eigenvalue weighted by molar-refractivity contribution is 5.92. The molecule has 1 aromatic heterocycles. The van der Waals surface area contributed by atoms with E-state index in [9.17, 15) is 4.79 Å². The van der Waals surface area contributed by atoms with Crippen LogP contribution in [0.15, 0.2) is 84.9 Å². The number of fused-ring (bicyclic) bond motifs is 1. The first-order valence-electron chi connectivity index (χ1n) is 9.82. The number of nitrogens with zero attached hydrogens (tertiary/aromatic N) is 1. The van der Waals surface area contributed by atoms with Gasteiger partial charge in [-0.25, -0.2) is 4.98 Å². The van der Waals surface area contributed by atoms with Gasteiger partial charge in [0.25, 0.3) is 0 Å². The summed E-state index contributed by atoms with van der Waals surface area (Å²) >= 11 is 0. The third-order valence-corrected chi connectivity index (χ3v) is 4.86. The summed E-state index contributed by atoms with van der Waals surface area (Å²) in [6.07, 6.45) is 3.95. The number of H-pyrrole nitrogens is 1. The lowest BCUT2D eigenvalue weighted by Gasteiger charge is -2.16. The smallest absolute Gasteiger partial charge is 0.244 e. The number of aromatic nitrogens is 2. The molecule has 0 aliphatic rings. The van der Waals surface area contributed by atoms with Gasteiger partial charge in [0.1, 0.15) is 11.6 Å². The van der Waals surface area contributed by atoms with Gasteiger partial charge in [0.2, 0.25) is 5.91 Å². The van der Waals surface area contributed by atoms with Crippen LogP contribution in [-0.2, 0) is 11.2 Å². The van der Waals surface area contributed by atoms with Crippen molar-refractivity contribution in [1.82, 2.24) is 15.3 Å². The maximum atomic E-state index is 12.7. The zero-order chi connectivity index (χ0) is 20.8. The molecule has 0 unspecified atom stereocenters. The van der Waals surface area contributed by atoms with Gasteiger partial charge in [-0.05, 0) is 47.9 Å². The number of rotatable bonds is 7. The normalized spacial score (nSPS) is 12.2. The van der Waals surface area contributed by atoms with Gasteiger partial charge in [-0.1, -0.05) is 54.6 Å². The van der Waals surface area contributed by atoms with E-state index in [-0.39, 0.29) is 11.9 Å². The molecule has 0 aliphatic heterocycles. The maximum Gasteiger partial charge on any atom is 0.244 e. The molecule has 4 rings (SSSR count). The van der Waals surface area contributed by atoms with Crippen LogP contribution in [0.25, 0.3) is 17.1 Å². The second-order valence-corrected chi connectivity index (χ2v) is 7.00. The number of ether oxygens (including phenoxy) is 1. The zero-order valence-electron chi connectivity index (χ0n) is 16.7. The van der Waals surface area contributed by atoms with Crippen molar-refractivity contribution in [3.05, 3.63) is 102 Å². The number of benzene rings is 3. The molecular formula is C25H23N3O2. The Hall–Kier alpha value is -3.86. The molecule has 0 bridgehead atoms. The van der Waals surface area contributed by atoms with Gasteiger partial charge in [0.15, 0.2) is 0 Å². The molecule has 5 heteroatoms. The van der Waals surface area contributed by atoms with Crippen molar-refractivity contribution in [2.45, 2.75) is 12.5 Å². The maximum absolute atomic E-state index is 12.7. The molecule has 0 fully saturated rings. The van der Waals surface area contributed by atoms with Gasteiger partial charge >= 0.3 is 0 Å². The number of hydrogen-bond donors (Lipinski definition) is 2. The van der Waals surface area contributed by atoms with E-state index in [1.165, 1.54) is 6.08 Å². The Labute approximate surface area is 175 Å². The van der Waals surface area contributed by atoms with E-state index in [1.54, 1.807) is 13.2 Å². The Morgan fingerprint density at radius 2 is 1.87 bits per heavy atom. The molecule has 0 radical (unpaired) electrons. The van der Waals surface area contributed by atoms with E-state index in [0.717, 1.165) is 33.7 Å². The van der Waals surface area contributed by atoms with Crippen LogP contribution >= 0.6 is 0 Å². The van der Waals surface area contributed by atoms with E-state index in [1.807, 2.05) is 78.9 Å². The van der Waals surface area contributed by atoms with Crippen LogP contribution in [-0.4, -0.2) is 23.0 Å². The second kappa shape index (κ2) is 9.09. The van der Waals surface area contributed by atoms with E-state index < -0.39 is 0 Å². The fourth-order valence-electron chi connectivity index (χ4n) is 3.34. The summed E-state index contributed by atoms with van der Waals surface area (Å²) in [5.74, 6) is 1.31. The van der Waals surface area contributed by atoms with Crippen LogP contribution in [0.1, 0.15) is 23.0 Å². The first-order valence-corrected chi connectivity index (χ1v) is 9.82. The molecule has 0 saturated heterocycles. The summed E-state index contributed by atoms with van der Waals surface area (Å²) in [7, 11) is 1.62. The molecule has 150 valence electrons. The van der Waals surface area contributed by atoms with Crippen LogP contribution in [0.5, 0.6) is 5.75 Å². The van der Waals surface area contributed by atoms with Crippen molar-refractivity contribution < 1.29 is 9.53 Å². The molecule has 4 aromatic rings. The lowest BCUT2D eigenvalue weighted by Crippen LogP contribution is -2.29. The van der Waals surface area contributed by atoms with Crippen molar-refractivity contribution in [1.29, 1.82) is 0 Å². The number of hydrogen-bond acceptors (Lipinski definition) is 3. The van der Waals surface area contributed by atoms with Crippen LogP contribution in [0.3, 0.4) is 0 Å². The number of carbonyl (C=O) groups is 1. The molecule has 0 spiro atoms. The number of carbonyl (C=O) groups excluding carboxylic acids is 1. The zero-order valence-corrected chi connectivity index (χ0v) is 16.7. The van der Waals surface area contributed by atoms with Crippen LogP contribution in [0, 0.1) is 0 Å². The summed E-state index contributed by atoms with van der Waals surface area (Å²) in [5, 5.41) is 3.09. The van der Waals surface area contributed by atoms with E-state index >= 15 is 0 Å². The predicted octanol–water partition coefficient (Wildman–Crippen LogP) is 4.68. The lowest BCUT2D eigenvalue weighted by molar-refractivity contribution is -0.117. The third-order valence-electron chi connectivity index (χ3n) is 4.86. The Morgan fingerprint density at radius 3 is 2.67 bits per heavy atom. The minimum absolute atomic E-state index is 0.181. The number of imidazole rings is 1. The van der Waals surface area contributed by atoms with E-state index in [0.29, 0.717) is 6.42 Å². The minimum atomic E-state index is -0.276. The fraction of sp³-hybridized carbons (Fsp3) is 0.120. The monoisotopic (exact) mass is 397 g/mol. The Bertz CT molecular complexity index is 1130. The summed E-state index contributed by atoms with van der Waals surface area (Å²) in [4.78, 5) is 20.7. The molecule has 1 atom stereocenters. The standard InChI is InChI=1S/C25H23N3O2/c1-30-20-11-7-10-19(16-20)14-15-24(29)26-23(17-18-8-3-2-4-9-18)25-27-21-12-5-6-13-22(21)28-25/h2-16,23H,17H2,1H3,(H,26,29)(H,27,28)/b15-14+/t23-/m0/s1. The van der Waals surface area contributed by atoms with Crippen molar-refractivity contribution in [2.75, 3.05) is 7.11 Å². The van der Waals surface area contributed by atoms with Gasteiger partial charge in [-0.15, -0.1) is 0 Å². The number of para-hydroxylation sites is 2. The summed E-state index contributed by atoms with van der Waals surface area (Å²) < 4.78 is 5.23. The molecule has 3 aromatic carbocycles. The van der Waals surface area contributed by atoms with Crippen molar-refractivity contribution in [3.63, 3.8) is 0 Å². The fourth-order valence-corrected chi connectivity index (χ4v) is 3.34. The first-order chi connectivity index (χ1) is 14.7. The number of aromatic amines is 1. The first kappa shape index (κ1) is 19.5. The highest BCUT2D eigenvalue weighted by Crippen LogP contribution is 2.20. The van der Waals surface area contributed by atoms with Crippen molar-refractivity contribution in [2.24, 2.45) is 0 Å². The van der Waals surface area contributed by atoms with Gasteiger partial charge in [0, 0.05) is 6.08 Å². The Balaban J connectivity index is 1.55. The molecule has 30 heavy (non-hydrogen) atoms. The molecule has 1 heterocycles. The number of amides is 1. The molecule has 0 aliphatic carbocycles. The minimum Gasteiger partial charge on any atom is -0.497 e. The quantitative estimate of drug-likeness (QED) is 0.445. The number of nitrogens with one attached hydrogen (secondary N) is 2. The summed E-state index contributed by atoms with van der Waals surface area (Å²) in [6, 6.07) is 25.2. The van der Waals surface area contributed by atoms with Gasteiger partial charge in [-0.3, -0.25) is 4.79 Å². The number of methoxy groups -OCH3 is 1. The molecule has 2 N–H and O–H groups in total. The van der Waals surface area contributed by atoms with Crippen LogP contribution < -0.4 is 10.1 Å². The SMILES string of the molecule is COc1cccc(/C=C/C(=O)N[C@@H](Cc2ccccc2)c2nc3ccccc3[nH]2)c1. The Morgan fingerprint density at radius 1 is 1.07 bits per heavy atom. The van der Waals surface area contributed by atoms with Crippen LogP contribution in [0.4, 0.5) is 0 Å². The second-order valence-electron chi connectivity index (χ2n) is 7.00. The largest absolute Gasteiger partial charge is 0.497 e. The van der Waals surface area contributed by atoms with Crippen molar-refractivity contribution in [3.8, 4) is 5.75 Å². The molecule has 0 saturated carbocycles. The molecular weight excluding hydrogens is 374 g/mol. The third kappa shape index (κ3) is 4.75. The highest BCUT2D eigenvalue weighted by atomic mass is 16.5.